The number of benzene rings is 1. The molecule has 2 heterocycles. The van der Waals surface area contributed by atoms with Crippen LogP contribution in [0.3, 0.4) is 0 Å². The summed E-state index contributed by atoms with van der Waals surface area (Å²) in [7, 11) is 0. The van der Waals surface area contributed by atoms with Gasteiger partial charge in [-0.25, -0.2) is 0 Å². The van der Waals surface area contributed by atoms with E-state index in [0.29, 0.717) is 6.10 Å². The van der Waals surface area contributed by atoms with Crippen molar-refractivity contribution < 1.29 is 4.74 Å². The number of thioether (sulfide) groups is 1. The third kappa shape index (κ3) is 2.07. The van der Waals surface area contributed by atoms with Crippen LogP contribution in [0.5, 0.6) is 0 Å². The van der Waals surface area contributed by atoms with Crippen LogP contribution in [0.25, 0.3) is 5.69 Å². The Hall–Kier alpha value is -1.40. The molecular weight excluding hydrogens is 224 g/mol. The molecule has 0 aliphatic carbocycles. The van der Waals surface area contributed by atoms with E-state index in [0.717, 1.165) is 23.2 Å². The fraction of sp³-hybridized carbons (Fsp3) is 0.300. The summed E-state index contributed by atoms with van der Waals surface area (Å²) in [5.41, 5.74) is 0.978. The lowest BCUT2D eigenvalue weighted by Crippen LogP contribution is -2.00. The van der Waals surface area contributed by atoms with Crippen molar-refractivity contribution in [2.75, 3.05) is 12.4 Å². The van der Waals surface area contributed by atoms with Gasteiger partial charge in [-0.05, 0) is 22.6 Å². The Morgan fingerprint density at radius 1 is 1.38 bits per heavy atom. The van der Waals surface area contributed by atoms with E-state index < -0.39 is 0 Å². The summed E-state index contributed by atoms with van der Waals surface area (Å²) in [4.78, 5) is 0. The van der Waals surface area contributed by atoms with Crippen LogP contribution in [-0.2, 0) is 4.74 Å². The molecule has 0 saturated carbocycles. The lowest BCUT2D eigenvalue weighted by Gasteiger charge is -2.02. The number of epoxide rings is 1. The van der Waals surface area contributed by atoms with E-state index in [2.05, 4.69) is 15.5 Å². The van der Waals surface area contributed by atoms with Crippen molar-refractivity contribution in [2.24, 2.45) is 0 Å². The number of hydrogen-bond donors (Lipinski definition) is 0. The Bertz CT molecular complexity index is 469. The standard InChI is InChI=1S/C10H10N4OS/c1-2-4-8(5-3-1)14-10(11-12-13-14)16-7-9-6-15-9/h1-5,9H,6-7H2/t9-/m0/s1. The SMILES string of the molecule is c1ccc(-n2nnnc2SC[C@@H]2CO2)cc1. The smallest absolute Gasteiger partial charge is 0.214 e. The van der Waals surface area contributed by atoms with Gasteiger partial charge in [0.15, 0.2) is 0 Å². The highest BCUT2D eigenvalue weighted by Crippen LogP contribution is 2.23. The zero-order chi connectivity index (χ0) is 10.8. The monoisotopic (exact) mass is 234 g/mol. The van der Waals surface area contributed by atoms with Crippen LogP contribution in [0.1, 0.15) is 0 Å². The molecule has 2 aromatic rings. The molecule has 0 amide bonds. The van der Waals surface area contributed by atoms with Gasteiger partial charge in [-0.2, -0.15) is 4.68 Å². The third-order valence-corrected chi connectivity index (χ3v) is 3.29. The van der Waals surface area contributed by atoms with Gasteiger partial charge >= 0.3 is 0 Å². The second kappa shape index (κ2) is 4.23. The van der Waals surface area contributed by atoms with Gasteiger partial charge in [0.2, 0.25) is 5.16 Å². The van der Waals surface area contributed by atoms with Crippen molar-refractivity contribution in [1.29, 1.82) is 0 Å². The molecule has 1 aromatic heterocycles. The van der Waals surface area contributed by atoms with Gasteiger partial charge in [0.05, 0.1) is 18.4 Å². The predicted molar refractivity (Wildman–Crippen MR) is 59.6 cm³/mol. The topological polar surface area (TPSA) is 56.1 Å². The second-order valence-electron chi connectivity index (χ2n) is 3.48. The van der Waals surface area contributed by atoms with E-state index in [4.69, 9.17) is 4.74 Å². The molecule has 16 heavy (non-hydrogen) atoms. The average Bonchev–Trinajstić information content (AvgIpc) is 3.05. The zero-order valence-corrected chi connectivity index (χ0v) is 9.30. The summed E-state index contributed by atoms with van der Waals surface area (Å²) in [6.07, 6.45) is 0.380. The van der Waals surface area contributed by atoms with Crippen LogP contribution >= 0.6 is 11.8 Å². The van der Waals surface area contributed by atoms with Gasteiger partial charge in [-0.15, -0.1) is 5.10 Å². The molecule has 1 saturated heterocycles. The minimum Gasteiger partial charge on any atom is -0.372 e. The van der Waals surface area contributed by atoms with Crippen LogP contribution in [0, 0.1) is 0 Å². The number of ether oxygens (including phenoxy) is 1. The van der Waals surface area contributed by atoms with Crippen molar-refractivity contribution in [3.8, 4) is 5.69 Å². The quantitative estimate of drug-likeness (QED) is 0.587. The van der Waals surface area contributed by atoms with Gasteiger partial charge in [-0.3, -0.25) is 0 Å². The highest BCUT2D eigenvalue weighted by molar-refractivity contribution is 7.99. The molecule has 0 N–H and O–H groups in total. The van der Waals surface area contributed by atoms with Gasteiger partial charge in [0.25, 0.3) is 0 Å². The zero-order valence-electron chi connectivity index (χ0n) is 8.48. The molecule has 82 valence electrons. The van der Waals surface area contributed by atoms with E-state index in [-0.39, 0.29) is 0 Å². The molecule has 3 rings (SSSR count). The van der Waals surface area contributed by atoms with Gasteiger partial charge in [0, 0.05) is 5.75 Å². The molecular formula is C10H10N4OS. The average molecular weight is 234 g/mol. The maximum Gasteiger partial charge on any atom is 0.214 e. The number of nitrogens with zero attached hydrogens (tertiary/aromatic N) is 4. The maximum absolute atomic E-state index is 5.15. The first-order valence-corrected chi connectivity index (χ1v) is 6.00. The molecule has 1 atom stereocenters. The van der Waals surface area contributed by atoms with E-state index >= 15 is 0 Å². The summed E-state index contributed by atoms with van der Waals surface area (Å²) < 4.78 is 6.90. The molecule has 0 spiro atoms. The largest absolute Gasteiger partial charge is 0.372 e. The van der Waals surface area contributed by atoms with E-state index in [1.165, 1.54) is 0 Å². The van der Waals surface area contributed by atoms with E-state index in [1.807, 2.05) is 30.3 Å². The predicted octanol–water partition coefficient (Wildman–Crippen LogP) is 1.15. The molecule has 0 radical (unpaired) electrons. The Morgan fingerprint density at radius 2 is 2.19 bits per heavy atom. The number of tetrazole rings is 1. The Labute approximate surface area is 96.8 Å². The van der Waals surface area contributed by atoms with Crippen molar-refractivity contribution in [3.05, 3.63) is 30.3 Å². The number of rotatable bonds is 4. The molecule has 1 aliphatic heterocycles. The lowest BCUT2D eigenvalue weighted by atomic mass is 10.3. The van der Waals surface area contributed by atoms with Crippen molar-refractivity contribution in [3.63, 3.8) is 0 Å². The number of aromatic nitrogens is 4. The second-order valence-corrected chi connectivity index (χ2v) is 4.46. The molecule has 1 fully saturated rings. The summed E-state index contributed by atoms with van der Waals surface area (Å²) in [5.74, 6) is 0.910. The van der Waals surface area contributed by atoms with Crippen molar-refractivity contribution >= 4 is 11.8 Å². The minimum absolute atomic E-state index is 0.380. The fourth-order valence-electron chi connectivity index (χ4n) is 1.33. The maximum atomic E-state index is 5.15. The van der Waals surface area contributed by atoms with E-state index in [1.54, 1.807) is 16.4 Å². The Morgan fingerprint density at radius 3 is 2.94 bits per heavy atom. The first-order valence-electron chi connectivity index (χ1n) is 5.02. The van der Waals surface area contributed by atoms with Gasteiger partial charge < -0.3 is 4.74 Å². The fourth-order valence-corrected chi connectivity index (χ4v) is 2.22. The van der Waals surface area contributed by atoms with Gasteiger partial charge in [-0.1, -0.05) is 30.0 Å². The van der Waals surface area contributed by atoms with Crippen LogP contribution in [0.2, 0.25) is 0 Å². The highest BCUT2D eigenvalue weighted by atomic mass is 32.2. The molecule has 5 nitrogen and oxygen atoms in total. The molecule has 0 bridgehead atoms. The summed E-state index contributed by atoms with van der Waals surface area (Å²) in [6.45, 7) is 0.861. The van der Waals surface area contributed by atoms with Crippen LogP contribution < -0.4 is 0 Å². The van der Waals surface area contributed by atoms with Crippen LogP contribution in [0.15, 0.2) is 35.5 Å². The van der Waals surface area contributed by atoms with Crippen molar-refractivity contribution in [1.82, 2.24) is 20.2 Å². The Kier molecular flexibility index (Phi) is 2.59. The first kappa shape index (κ1) is 9.80. The van der Waals surface area contributed by atoms with Crippen LogP contribution in [-0.4, -0.2) is 38.7 Å². The third-order valence-electron chi connectivity index (χ3n) is 2.24. The number of hydrogen-bond acceptors (Lipinski definition) is 5. The van der Waals surface area contributed by atoms with Crippen molar-refractivity contribution in [2.45, 2.75) is 11.3 Å². The van der Waals surface area contributed by atoms with E-state index in [9.17, 15) is 0 Å². The number of para-hydroxylation sites is 1. The molecule has 1 aliphatic rings. The summed E-state index contributed by atoms with van der Waals surface area (Å²) >= 11 is 1.62. The van der Waals surface area contributed by atoms with Gasteiger partial charge in [0.1, 0.15) is 0 Å². The minimum atomic E-state index is 0.380. The first-order chi connectivity index (χ1) is 7.93. The molecule has 0 unspecified atom stereocenters. The normalized spacial score (nSPS) is 18.6. The Balaban J connectivity index is 1.81. The molecule has 1 aromatic carbocycles. The van der Waals surface area contributed by atoms with Crippen LogP contribution in [0.4, 0.5) is 0 Å². The highest BCUT2D eigenvalue weighted by Gasteiger charge is 2.23. The summed E-state index contributed by atoms with van der Waals surface area (Å²) in [5, 5.41) is 12.5. The summed E-state index contributed by atoms with van der Waals surface area (Å²) in [6, 6.07) is 9.87. The lowest BCUT2D eigenvalue weighted by molar-refractivity contribution is 0.426. The molecule has 6 heteroatoms.